The van der Waals surface area contributed by atoms with Gasteiger partial charge in [0.25, 0.3) is 0 Å². The summed E-state index contributed by atoms with van der Waals surface area (Å²) in [6, 6.07) is 5.66. The number of benzene rings is 1. The Balaban J connectivity index is 1.91. The molecule has 0 spiro atoms. The van der Waals surface area contributed by atoms with Crippen molar-refractivity contribution in [3.05, 3.63) is 23.9 Å². The lowest BCUT2D eigenvalue weighted by Crippen LogP contribution is -2.00. The van der Waals surface area contributed by atoms with Crippen LogP contribution in [-0.2, 0) is 11.2 Å². The van der Waals surface area contributed by atoms with Crippen molar-refractivity contribution in [1.29, 1.82) is 0 Å². The van der Waals surface area contributed by atoms with Gasteiger partial charge in [-0.15, -0.1) is 0 Å². The second-order valence-corrected chi connectivity index (χ2v) is 4.38. The summed E-state index contributed by atoms with van der Waals surface area (Å²) in [6.07, 6.45) is 0.651. The summed E-state index contributed by atoms with van der Waals surface area (Å²) in [5, 5.41) is 4.01. The van der Waals surface area contributed by atoms with Crippen molar-refractivity contribution < 1.29 is 18.7 Å². The van der Waals surface area contributed by atoms with Crippen LogP contribution in [-0.4, -0.2) is 25.2 Å². The van der Waals surface area contributed by atoms with Crippen molar-refractivity contribution in [3.8, 4) is 22.6 Å². The molecular formula is C14H16N2O4. The molecule has 0 saturated carbocycles. The van der Waals surface area contributed by atoms with E-state index in [1.54, 1.807) is 0 Å². The van der Waals surface area contributed by atoms with Crippen LogP contribution < -0.4 is 15.2 Å². The second-order valence-electron chi connectivity index (χ2n) is 4.38. The molecule has 3 rings (SSSR count). The lowest BCUT2D eigenvalue weighted by atomic mass is 10.0. The second kappa shape index (κ2) is 5.42. The van der Waals surface area contributed by atoms with Crippen LogP contribution in [0.1, 0.15) is 12.6 Å². The molecule has 106 valence electrons. The van der Waals surface area contributed by atoms with Gasteiger partial charge < -0.3 is 24.5 Å². The Morgan fingerprint density at radius 2 is 2.15 bits per heavy atom. The molecule has 0 saturated heterocycles. The Bertz CT molecular complexity index is 609. The van der Waals surface area contributed by atoms with Crippen LogP contribution in [0, 0.1) is 0 Å². The van der Waals surface area contributed by atoms with Gasteiger partial charge in [-0.3, -0.25) is 0 Å². The average Bonchev–Trinajstić information content (AvgIpc) is 3.05. The van der Waals surface area contributed by atoms with Crippen LogP contribution in [0.3, 0.4) is 0 Å². The van der Waals surface area contributed by atoms with Crippen molar-refractivity contribution in [2.24, 2.45) is 0 Å². The maximum Gasteiger partial charge on any atom is 0.231 e. The van der Waals surface area contributed by atoms with Gasteiger partial charge in [0.2, 0.25) is 12.7 Å². The van der Waals surface area contributed by atoms with Gasteiger partial charge in [-0.2, -0.15) is 0 Å². The molecule has 1 aliphatic rings. The van der Waals surface area contributed by atoms with E-state index in [0.29, 0.717) is 31.3 Å². The summed E-state index contributed by atoms with van der Waals surface area (Å²) in [5.41, 5.74) is 8.36. The molecule has 1 aromatic carbocycles. The molecule has 2 N–H and O–H groups in total. The number of nitrogens with two attached hydrogens (primary N) is 1. The molecule has 1 aliphatic heterocycles. The molecule has 0 atom stereocenters. The SMILES string of the molecule is CCOCCc1noc(N)c1-c1ccc2c(c1)OCO2. The highest BCUT2D eigenvalue weighted by Crippen LogP contribution is 2.38. The molecule has 6 nitrogen and oxygen atoms in total. The fourth-order valence-corrected chi connectivity index (χ4v) is 2.18. The van der Waals surface area contributed by atoms with Crippen LogP contribution in [0.4, 0.5) is 5.88 Å². The van der Waals surface area contributed by atoms with Gasteiger partial charge in [0, 0.05) is 13.0 Å². The first-order valence-electron chi connectivity index (χ1n) is 6.51. The van der Waals surface area contributed by atoms with Gasteiger partial charge >= 0.3 is 0 Å². The minimum Gasteiger partial charge on any atom is -0.454 e. The minimum atomic E-state index is 0.245. The third kappa shape index (κ3) is 2.30. The van der Waals surface area contributed by atoms with Crippen molar-refractivity contribution >= 4 is 5.88 Å². The Hall–Kier alpha value is -2.21. The van der Waals surface area contributed by atoms with Crippen LogP contribution in [0.5, 0.6) is 11.5 Å². The standard InChI is InChI=1S/C14H16N2O4/c1-2-17-6-5-10-13(14(15)20-16-10)9-3-4-11-12(7-9)19-8-18-11/h3-4,7H,2,5-6,8,15H2,1H3. The molecule has 0 radical (unpaired) electrons. The summed E-state index contributed by atoms with van der Waals surface area (Å²) in [7, 11) is 0. The Labute approximate surface area is 116 Å². The maximum atomic E-state index is 5.88. The zero-order chi connectivity index (χ0) is 13.9. The largest absolute Gasteiger partial charge is 0.454 e. The third-order valence-electron chi connectivity index (χ3n) is 3.14. The molecule has 1 aromatic heterocycles. The lowest BCUT2D eigenvalue weighted by molar-refractivity contribution is 0.149. The van der Waals surface area contributed by atoms with E-state index < -0.39 is 0 Å². The number of rotatable bonds is 5. The molecule has 0 aliphatic carbocycles. The summed E-state index contributed by atoms with van der Waals surface area (Å²) >= 11 is 0. The topological polar surface area (TPSA) is 79.7 Å². The molecule has 0 fully saturated rings. The third-order valence-corrected chi connectivity index (χ3v) is 3.14. The first-order valence-corrected chi connectivity index (χ1v) is 6.51. The van der Waals surface area contributed by atoms with E-state index in [2.05, 4.69) is 5.16 Å². The van der Waals surface area contributed by atoms with Crippen molar-refractivity contribution in [2.45, 2.75) is 13.3 Å². The fraction of sp³-hybridized carbons (Fsp3) is 0.357. The van der Waals surface area contributed by atoms with Crippen LogP contribution >= 0.6 is 0 Å². The quantitative estimate of drug-likeness (QED) is 0.843. The predicted octanol–water partition coefficient (Wildman–Crippen LogP) is 2.23. The number of anilines is 1. The highest BCUT2D eigenvalue weighted by atomic mass is 16.7. The van der Waals surface area contributed by atoms with Gasteiger partial charge in [-0.25, -0.2) is 0 Å². The summed E-state index contributed by atoms with van der Waals surface area (Å²) in [5.74, 6) is 1.74. The van der Waals surface area contributed by atoms with Crippen LogP contribution in [0.2, 0.25) is 0 Å². The zero-order valence-electron chi connectivity index (χ0n) is 11.2. The minimum absolute atomic E-state index is 0.245. The number of ether oxygens (including phenoxy) is 3. The van der Waals surface area contributed by atoms with Crippen LogP contribution in [0.25, 0.3) is 11.1 Å². The highest BCUT2D eigenvalue weighted by molar-refractivity contribution is 5.77. The van der Waals surface area contributed by atoms with Gasteiger partial charge in [0.1, 0.15) is 0 Å². The highest BCUT2D eigenvalue weighted by Gasteiger charge is 2.19. The number of aromatic nitrogens is 1. The first-order chi connectivity index (χ1) is 9.79. The molecular weight excluding hydrogens is 260 g/mol. The molecule has 2 aromatic rings. The smallest absolute Gasteiger partial charge is 0.231 e. The number of nitrogen functional groups attached to an aromatic ring is 1. The van der Waals surface area contributed by atoms with E-state index in [0.717, 1.165) is 22.6 Å². The Kier molecular flexibility index (Phi) is 3.47. The monoisotopic (exact) mass is 276 g/mol. The molecule has 2 heterocycles. The van der Waals surface area contributed by atoms with E-state index in [4.69, 9.17) is 24.5 Å². The number of hydrogen-bond donors (Lipinski definition) is 1. The summed E-state index contributed by atoms with van der Waals surface area (Å²) < 4.78 is 21.1. The van der Waals surface area contributed by atoms with E-state index in [1.165, 1.54) is 0 Å². The molecule has 0 bridgehead atoms. The van der Waals surface area contributed by atoms with E-state index in [-0.39, 0.29) is 6.79 Å². The summed E-state index contributed by atoms with van der Waals surface area (Å²) in [6.45, 7) is 3.46. The summed E-state index contributed by atoms with van der Waals surface area (Å²) in [4.78, 5) is 0. The zero-order valence-corrected chi connectivity index (χ0v) is 11.2. The number of nitrogens with zero attached hydrogens (tertiary/aromatic N) is 1. The first kappa shape index (κ1) is 12.8. The van der Waals surface area contributed by atoms with Gasteiger partial charge in [0.05, 0.1) is 17.9 Å². The number of hydrogen-bond acceptors (Lipinski definition) is 6. The molecule has 6 heteroatoms. The number of fused-ring (bicyclic) bond motifs is 1. The fourth-order valence-electron chi connectivity index (χ4n) is 2.18. The van der Waals surface area contributed by atoms with E-state index in [1.807, 2.05) is 25.1 Å². The van der Waals surface area contributed by atoms with Crippen molar-refractivity contribution in [2.75, 3.05) is 25.7 Å². The average molecular weight is 276 g/mol. The Morgan fingerprint density at radius 1 is 1.30 bits per heavy atom. The van der Waals surface area contributed by atoms with Crippen LogP contribution in [0.15, 0.2) is 22.7 Å². The molecule has 0 unspecified atom stereocenters. The lowest BCUT2D eigenvalue weighted by Gasteiger charge is -2.04. The van der Waals surface area contributed by atoms with Gasteiger partial charge in [-0.1, -0.05) is 11.2 Å². The van der Waals surface area contributed by atoms with E-state index in [9.17, 15) is 0 Å². The van der Waals surface area contributed by atoms with E-state index >= 15 is 0 Å². The molecule has 0 amide bonds. The Morgan fingerprint density at radius 3 is 3.00 bits per heavy atom. The predicted molar refractivity (Wildman–Crippen MR) is 72.7 cm³/mol. The van der Waals surface area contributed by atoms with Crippen molar-refractivity contribution in [3.63, 3.8) is 0 Å². The van der Waals surface area contributed by atoms with Crippen molar-refractivity contribution in [1.82, 2.24) is 5.16 Å². The normalized spacial score (nSPS) is 12.8. The van der Waals surface area contributed by atoms with Gasteiger partial charge in [-0.05, 0) is 24.6 Å². The maximum absolute atomic E-state index is 5.88. The molecule has 20 heavy (non-hydrogen) atoms. The van der Waals surface area contributed by atoms with Gasteiger partial charge in [0.15, 0.2) is 11.5 Å².